The fraction of sp³-hybridized carbons (Fsp3) is 0.182. The second-order valence-corrected chi connectivity index (χ2v) is 6.25. The molecule has 1 aliphatic heterocycles. The van der Waals surface area contributed by atoms with Crippen molar-refractivity contribution in [1.82, 2.24) is 0 Å². The van der Waals surface area contributed by atoms with E-state index >= 15 is 0 Å². The number of nitrogens with two attached hydrogens (primary N) is 1. The molecule has 0 radical (unpaired) electrons. The maximum atomic E-state index is 6.20. The molecular formula is C22H24N4. The minimum absolute atomic E-state index is 0.592. The van der Waals surface area contributed by atoms with E-state index in [0.29, 0.717) is 12.2 Å². The molecule has 1 aliphatic rings. The summed E-state index contributed by atoms with van der Waals surface area (Å²) in [6.45, 7) is 3.53. The number of nitrogens with zero attached hydrogens (tertiary/aromatic N) is 2. The number of hydrogen-bond acceptors (Lipinski definition) is 4. The second kappa shape index (κ2) is 8.81. The van der Waals surface area contributed by atoms with Crippen LogP contribution in [0.1, 0.15) is 17.5 Å². The highest BCUT2D eigenvalue weighted by atomic mass is 14.9. The molecule has 0 aliphatic carbocycles. The number of allylic oxidation sites excluding steroid dienone is 1. The van der Waals surface area contributed by atoms with E-state index in [1.165, 1.54) is 5.56 Å². The number of aliphatic imine (C=N–C) groups is 2. The lowest BCUT2D eigenvalue weighted by Gasteiger charge is -2.09. The molecule has 4 nitrogen and oxygen atoms in total. The molecular weight excluding hydrogens is 320 g/mol. The Labute approximate surface area is 154 Å². The lowest BCUT2D eigenvalue weighted by atomic mass is 10.1. The molecule has 0 aromatic heterocycles. The number of rotatable bonds is 6. The van der Waals surface area contributed by atoms with Crippen LogP contribution in [0.15, 0.2) is 76.7 Å². The van der Waals surface area contributed by atoms with E-state index < -0.39 is 0 Å². The summed E-state index contributed by atoms with van der Waals surface area (Å²) in [6, 6.07) is 16.3. The third-order valence-corrected chi connectivity index (χ3v) is 4.04. The van der Waals surface area contributed by atoms with Crippen LogP contribution in [0.4, 0.5) is 11.4 Å². The van der Waals surface area contributed by atoms with Crippen molar-refractivity contribution in [2.75, 3.05) is 18.4 Å². The summed E-state index contributed by atoms with van der Waals surface area (Å²) in [6.07, 6.45) is 8.77. The van der Waals surface area contributed by atoms with Crippen molar-refractivity contribution in [3.63, 3.8) is 0 Å². The van der Waals surface area contributed by atoms with Gasteiger partial charge in [0, 0.05) is 29.8 Å². The first-order valence-corrected chi connectivity index (χ1v) is 8.80. The highest BCUT2D eigenvalue weighted by Crippen LogP contribution is 2.20. The third-order valence-electron chi connectivity index (χ3n) is 4.04. The molecule has 1 heterocycles. The summed E-state index contributed by atoms with van der Waals surface area (Å²) in [7, 11) is 0. The van der Waals surface area contributed by atoms with E-state index in [-0.39, 0.29) is 0 Å². The molecule has 0 spiro atoms. The van der Waals surface area contributed by atoms with Crippen LogP contribution in [0.2, 0.25) is 0 Å². The van der Waals surface area contributed by atoms with Gasteiger partial charge >= 0.3 is 0 Å². The highest BCUT2D eigenvalue weighted by Gasteiger charge is 2.00. The molecule has 0 fully saturated rings. The highest BCUT2D eigenvalue weighted by molar-refractivity contribution is 5.98. The van der Waals surface area contributed by atoms with Crippen LogP contribution in [0.25, 0.3) is 5.70 Å². The molecule has 2 aromatic rings. The van der Waals surface area contributed by atoms with Gasteiger partial charge in [-0.3, -0.25) is 9.98 Å². The van der Waals surface area contributed by atoms with Crippen molar-refractivity contribution in [3.05, 3.63) is 77.9 Å². The van der Waals surface area contributed by atoms with Crippen LogP contribution in [0.5, 0.6) is 0 Å². The number of anilines is 2. The average Bonchev–Trinajstić information content (AvgIpc) is 2.66. The van der Waals surface area contributed by atoms with E-state index in [1.54, 1.807) is 6.21 Å². The monoisotopic (exact) mass is 344 g/mol. The number of nitrogens with one attached hydrogen (secondary N) is 1. The summed E-state index contributed by atoms with van der Waals surface area (Å²) in [5, 5.41) is 3.41. The van der Waals surface area contributed by atoms with Gasteiger partial charge in [-0.1, -0.05) is 30.3 Å². The Hall–Kier alpha value is -3.14. The Morgan fingerprint density at radius 3 is 2.77 bits per heavy atom. The fourth-order valence-corrected chi connectivity index (χ4v) is 2.70. The maximum Gasteiger partial charge on any atom is 0.0807 e. The van der Waals surface area contributed by atoms with Crippen LogP contribution in [0, 0.1) is 6.92 Å². The lowest BCUT2D eigenvalue weighted by Crippen LogP contribution is -2.04. The molecule has 0 amide bonds. The van der Waals surface area contributed by atoms with Crippen LogP contribution in [-0.2, 0) is 0 Å². The van der Waals surface area contributed by atoms with Gasteiger partial charge in [-0.15, -0.1) is 0 Å². The van der Waals surface area contributed by atoms with E-state index in [9.17, 15) is 0 Å². The molecule has 0 atom stereocenters. The lowest BCUT2D eigenvalue weighted by molar-refractivity contribution is 0.984. The zero-order chi connectivity index (χ0) is 18.2. The quantitative estimate of drug-likeness (QED) is 0.757. The Bertz CT molecular complexity index is 875. The number of benzene rings is 2. The molecule has 2 aromatic carbocycles. The molecule has 3 N–H and O–H groups in total. The van der Waals surface area contributed by atoms with Gasteiger partial charge < -0.3 is 11.1 Å². The topological polar surface area (TPSA) is 62.8 Å². The normalized spacial score (nSPS) is 14.5. The van der Waals surface area contributed by atoms with Crippen molar-refractivity contribution in [3.8, 4) is 0 Å². The zero-order valence-electron chi connectivity index (χ0n) is 15.0. The number of dihydropyridines is 1. The Morgan fingerprint density at radius 2 is 2.00 bits per heavy atom. The third kappa shape index (κ3) is 5.18. The molecule has 3 rings (SSSR count). The summed E-state index contributed by atoms with van der Waals surface area (Å²) in [4.78, 5) is 8.80. The van der Waals surface area contributed by atoms with Gasteiger partial charge in [-0.05, 0) is 60.9 Å². The van der Waals surface area contributed by atoms with Crippen LogP contribution in [-0.4, -0.2) is 25.0 Å². The molecule has 0 unspecified atom stereocenters. The summed E-state index contributed by atoms with van der Waals surface area (Å²) in [5.41, 5.74) is 12.1. The van der Waals surface area contributed by atoms with E-state index in [2.05, 4.69) is 40.4 Å². The molecule has 4 heteroatoms. The first kappa shape index (κ1) is 17.7. The summed E-state index contributed by atoms with van der Waals surface area (Å²) in [5.74, 6) is 0. The minimum atomic E-state index is 0.592. The van der Waals surface area contributed by atoms with Gasteiger partial charge in [0.25, 0.3) is 0 Å². The van der Waals surface area contributed by atoms with Crippen molar-refractivity contribution >= 4 is 29.0 Å². The van der Waals surface area contributed by atoms with E-state index in [0.717, 1.165) is 35.6 Å². The van der Waals surface area contributed by atoms with Gasteiger partial charge in [0.1, 0.15) is 0 Å². The predicted molar refractivity (Wildman–Crippen MR) is 112 cm³/mol. The Balaban J connectivity index is 1.64. The molecule has 0 saturated heterocycles. The molecule has 26 heavy (non-hydrogen) atoms. The maximum absolute atomic E-state index is 6.20. The zero-order valence-corrected chi connectivity index (χ0v) is 15.0. The largest absolute Gasteiger partial charge is 0.398 e. The van der Waals surface area contributed by atoms with Crippen molar-refractivity contribution in [1.29, 1.82) is 0 Å². The summed E-state index contributed by atoms with van der Waals surface area (Å²) < 4.78 is 0. The van der Waals surface area contributed by atoms with Gasteiger partial charge in [0.05, 0.1) is 12.3 Å². The van der Waals surface area contributed by atoms with Gasteiger partial charge in [-0.25, -0.2) is 0 Å². The van der Waals surface area contributed by atoms with Crippen molar-refractivity contribution < 1.29 is 0 Å². The second-order valence-electron chi connectivity index (χ2n) is 6.25. The fourth-order valence-electron chi connectivity index (χ4n) is 2.70. The van der Waals surface area contributed by atoms with Gasteiger partial charge in [0.15, 0.2) is 0 Å². The first-order valence-electron chi connectivity index (χ1n) is 8.80. The van der Waals surface area contributed by atoms with Crippen molar-refractivity contribution in [2.45, 2.75) is 13.3 Å². The standard InChI is InChI=1S/C22H24N4/c1-17-6-4-9-19(14-17)26-20-10-5-7-18(15-20)22(23)11-13-24-16-21-8-2-3-12-25-21/h2,4-11,13-15,26H,3,12,16,23H2,1H3. The molecule has 132 valence electrons. The van der Waals surface area contributed by atoms with Gasteiger partial charge in [0.2, 0.25) is 0 Å². The van der Waals surface area contributed by atoms with Crippen LogP contribution in [0.3, 0.4) is 0 Å². The molecule has 0 saturated carbocycles. The Kier molecular flexibility index (Phi) is 5.99. The van der Waals surface area contributed by atoms with Crippen LogP contribution >= 0.6 is 0 Å². The van der Waals surface area contributed by atoms with Gasteiger partial charge in [-0.2, -0.15) is 0 Å². The SMILES string of the molecule is Cc1cccc(Nc2cccc(C(N)=CC=NCC3=NCCC=C3)c2)c1. The average molecular weight is 344 g/mol. The minimum Gasteiger partial charge on any atom is -0.398 e. The summed E-state index contributed by atoms with van der Waals surface area (Å²) >= 11 is 0. The Morgan fingerprint density at radius 1 is 1.19 bits per heavy atom. The molecule has 0 bridgehead atoms. The number of hydrogen-bond donors (Lipinski definition) is 2. The first-order chi connectivity index (χ1) is 12.7. The predicted octanol–water partition coefficient (Wildman–Crippen LogP) is 4.51. The smallest absolute Gasteiger partial charge is 0.0807 e. The van der Waals surface area contributed by atoms with Crippen molar-refractivity contribution in [2.24, 2.45) is 15.7 Å². The van der Waals surface area contributed by atoms with Crippen LogP contribution < -0.4 is 11.1 Å². The van der Waals surface area contributed by atoms with E-state index in [1.807, 2.05) is 48.6 Å². The van der Waals surface area contributed by atoms with E-state index in [4.69, 9.17) is 5.73 Å². The number of aryl methyl sites for hydroxylation is 1.